The molecule has 4 heterocycles. The van der Waals surface area contributed by atoms with Crippen LogP contribution in [0.5, 0.6) is 0 Å². The molecule has 0 saturated heterocycles. The van der Waals surface area contributed by atoms with Gasteiger partial charge in [0, 0.05) is 39.6 Å². The SMILES string of the molecule is Nc1ncnc2c1c(-c1cc3nc(-c4ccccn4)ccc3cc1Cl)cn2C1=CC=C1. The molecule has 0 bridgehead atoms. The van der Waals surface area contributed by atoms with Crippen molar-refractivity contribution in [1.29, 1.82) is 0 Å². The quantitative estimate of drug-likeness (QED) is 0.423. The van der Waals surface area contributed by atoms with E-state index in [0.717, 1.165) is 50.1 Å². The van der Waals surface area contributed by atoms with Gasteiger partial charge >= 0.3 is 0 Å². The predicted octanol–water partition coefficient (Wildman–Crippen LogP) is 5.35. The van der Waals surface area contributed by atoms with Gasteiger partial charge in [0.1, 0.15) is 12.1 Å². The molecule has 2 N–H and O–H groups in total. The van der Waals surface area contributed by atoms with Crippen LogP contribution in [0.3, 0.4) is 0 Å². The molecule has 0 spiro atoms. The molecule has 0 aliphatic heterocycles. The molecular formula is C24H15ClN6. The number of allylic oxidation sites excluding steroid dienone is 4. The summed E-state index contributed by atoms with van der Waals surface area (Å²) in [7, 11) is 0. The van der Waals surface area contributed by atoms with E-state index in [9.17, 15) is 0 Å². The summed E-state index contributed by atoms with van der Waals surface area (Å²) in [5.74, 6) is 0.411. The highest BCUT2D eigenvalue weighted by Crippen LogP contribution is 2.40. The van der Waals surface area contributed by atoms with Crippen LogP contribution < -0.4 is 5.73 Å². The molecule has 4 aromatic heterocycles. The summed E-state index contributed by atoms with van der Waals surface area (Å²) in [5.41, 5.74) is 12.2. The predicted molar refractivity (Wildman–Crippen MR) is 124 cm³/mol. The van der Waals surface area contributed by atoms with Crippen LogP contribution in [-0.2, 0) is 0 Å². The summed E-state index contributed by atoms with van der Waals surface area (Å²) in [4.78, 5) is 17.9. The summed E-state index contributed by atoms with van der Waals surface area (Å²) in [6.45, 7) is 0. The fourth-order valence-corrected chi connectivity index (χ4v) is 4.11. The number of fused-ring (bicyclic) bond motifs is 2. The first-order chi connectivity index (χ1) is 15.2. The van der Waals surface area contributed by atoms with Gasteiger partial charge in [0.15, 0.2) is 5.65 Å². The Morgan fingerprint density at radius 1 is 0.935 bits per heavy atom. The molecular weight excluding hydrogens is 408 g/mol. The molecule has 1 aliphatic carbocycles. The molecule has 0 atom stereocenters. The number of pyridine rings is 2. The molecule has 31 heavy (non-hydrogen) atoms. The molecule has 148 valence electrons. The fourth-order valence-electron chi connectivity index (χ4n) is 3.84. The average Bonchev–Trinajstić information content (AvgIpc) is 3.12. The van der Waals surface area contributed by atoms with Crippen molar-refractivity contribution in [2.24, 2.45) is 0 Å². The topological polar surface area (TPSA) is 82.5 Å². The van der Waals surface area contributed by atoms with Gasteiger partial charge in [-0.25, -0.2) is 15.0 Å². The Labute approximate surface area is 182 Å². The summed E-state index contributed by atoms with van der Waals surface area (Å²) in [6, 6.07) is 13.6. The molecule has 7 heteroatoms. The van der Waals surface area contributed by atoms with Crippen molar-refractivity contribution in [1.82, 2.24) is 24.5 Å². The Morgan fingerprint density at radius 2 is 1.84 bits per heavy atom. The van der Waals surface area contributed by atoms with Crippen molar-refractivity contribution in [3.63, 3.8) is 0 Å². The van der Waals surface area contributed by atoms with Crippen LogP contribution in [-0.4, -0.2) is 24.5 Å². The zero-order valence-electron chi connectivity index (χ0n) is 16.2. The van der Waals surface area contributed by atoms with Crippen molar-refractivity contribution >= 4 is 45.1 Å². The van der Waals surface area contributed by atoms with E-state index >= 15 is 0 Å². The lowest BCUT2D eigenvalue weighted by atomic mass is 10.0. The average molecular weight is 423 g/mol. The number of aromatic nitrogens is 5. The summed E-state index contributed by atoms with van der Waals surface area (Å²) >= 11 is 6.72. The monoisotopic (exact) mass is 422 g/mol. The van der Waals surface area contributed by atoms with Crippen molar-refractivity contribution in [2.75, 3.05) is 5.73 Å². The van der Waals surface area contributed by atoms with E-state index in [1.807, 2.05) is 71.5 Å². The van der Waals surface area contributed by atoms with Crippen LogP contribution in [0.15, 0.2) is 79.4 Å². The smallest absolute Gasteiger partial charge is 0.150 e. The van der Waals surface area contributed by atoms with E-state index in [1.54, 1.807) is 6.20 Å². The van der Waals surface area contributed by atoms with E-state index in [-0.39, 0.29) is 0 Å². The lowest BCUT2D eigenvalue weighted by molar-refractivity contribution is 1.10. The third kappa shape index (κ3) is 2.80. The summed E-state index contributed by atoms with van der Waals surface area (Å²) in [6.07, 6.45) is 11.3. The number of nitrogens with two attached hydrogens (primary N) is 1. The lowest BCUT2D eigenvalue weighted by Gasteiger charge is -2.09. The Hall–Kier alpha value is -4.03. The minimum Gasteiger partial charge on any atom is -0.383 e. The number of rotatable bonds is 3. The Balaban J connectivity index is 1.59. The maximum Gasteiger partial charge on any atom is 0.150 e. The number of anilines is 1. The van der Waals surface area contributed by atoms with Crippen LogP contribution in [0.4, 0.5) is 5.82 Å². The van der Waals surface area contributed by atoms with Gasteiger partial charge < -0.3 is 10.3 Å². The van der Waals surface area contributed by atoms with Crippen molar-refractivity contribution in [2.45, 2.75) is 0 Å². The van der Waals surface area contributed by atoms with E-state index in [1.165, 1.54) is 6.33 Å². The summed E-state index contributed by atoms with van der Waals surface area (Å²) in [5, 5.41) is 2.33. The molecule has 0 fully saturated rings. The van der Waals surface area contributed by atoms with Gasteiger partial charge in [0.2, 0.25) is 0 Å². The van der Waals surface area contributed by atoms with Crippen molar-refractivity contribution in [3.8, 4) is 22.5 Å². The Kier molecular flexibility index (Phi) is 3.88. The molecule has 1 aromatic carbocycles. The number of hydrogen-bond donors (Lipinski definition) is 1. The van der Waals surface area contributed by atoms with Crippen LogP contribution in [0.2, 0.25) is 5.02 Å². The van der Waals surface area contributed by atoms with Crippen LogP contribution >= 0.6 is 11.6 Å². The van der Waals surface area contributed by atoms with Gasteiger partial charge in [-0.3, -0.25) is 4.98 Å². The van der Waals surface area contributed by atoms with Crippen LogP contribution in [0.25, 0.3) is 50.1 Å². The van der Waals surface area contributed by atoms with Gasteiger partial charge in [0.25, 0.3) is 0 Å². The largest absolute Gasteiger partial charge is 0.383 e. The van der Waals surface area contributed by atoms with Gasteiger partial charge in [-0.15, -0.1) is 0 Å². The highest BCUT2D eigenvalue weighted by atomic mass is 35.5. The van der Waals surface area contributed by atoms with Gasteiger partial charge in [0.05, 0.1) is 22.3 Å². The third-order valence-corrected chi connectivity index (χ3v) is 5.73. The molecule has 0 unspecified atom stereocenters. The van der Waals surface area contributed by atoms with Gasteiger partial charge in [-0.2, -0.15) is 0 Å². The minimum atomic E-state index is 0.411. The van der Waals surface area contributed by atoms with Gasteiger partial charge in [-0.05, 0) is 42.5 Å². The molecule has 5 aromatic rings. The molecule has 0 amide bonds. The first-order valence-electron chi connectivity index (χ1n) is 9.71. The lowest BCUT2D eigenvalue weighted by Crippen LogP contribution is -1.99. The highest BCUT2D eigenvalue weighted by Gasteiger charge is 2.19. The second kappa shape index (κ2) is 6.75. The highest BCUT2D eigenvalue weighted by molar-refractivity contribution is 6.34. The maximum absolute atomic E-state index is 6.72. The van der Waals surface area contributed by atoms with Crippen LogP contribution in [0, 0.1) is 0 Å². The second-order valence-electron chi connectivity index (χ2n) is 7.26. The zero-order chi connectivity index (χ0) is 20.9. The number of halogens is 1. The van der Waals surface area contributed by atoms with E-state index in [0.29, 0.717) is 10.8 Å². The fraction of sp³-hybridized carbons (Fsp3) is 0. The van der Waals surface area contributed by atoms with Crippen LogP contribution in [0.1, 0.15) is 0 Å². The molecule has 0 radical (unpaired) electrons. The molecule has 6 nitrogen and oxygen atoms in total. The maximum atomic E-state index is 6.72. The van der Waals surface area contributed by atoms with E-state index in [2.05, 4.69) is 15.0 Å². The first-order valence-corrected chi connectivity index (χ1v) is 10.1. The third-order valence-electron chi connectivity index (χ3n) is 5.42. The standard InChI is InChI=1S/C24H15ClN6/c25-18-10-14-7-8-20(19-6-1-2-9-27-19)30-21(14)11-16(18)17-12-31(15-4-3-5-15)24-22(17)23(26)28-13-29-24/h1-13H,(H2,26,28,29). The molecule has 0 saturated carbocycles. The zero-order valence-corrected chi connectivity index (χ0v) is 17.0. The van der Waals surface area contributed by atoms with E-state index in [4.69, 9.17) is 22.3 Å². The number of nitrogens with zero attached hydrogens (tertiary/aromatic N) is 5. The number of hydrogen-bond acceptors (Lipinski definition) is 5. The van der Waals surface area contributed by atoms with E-state index < -0.39 is 0 Å². The Morgan fingerprint density at radius 3 is 2.61 bits per heavy atom. The minimum absolute atomic E-state index is 0.411. The van der Waals surface area contributed by atoms with Crippen molar-refractivity contribution < 1.29 is 0 Å². The molecule has 1 aliphatic rings. The van der Waals surface area contributed by atoms with Gasteiger partial charge in [-0.1, -0.05) is 29.8 Å². The number of nitrogen functional groups attached to an aromatic ring is 1. The summed E-state index contributed by atoms with van der Waals surface area (Å²) < 4.78 is 2.00. The molecule has 6 rings (SSSR count). The normalized spacial score (nSPS) is 12.9. The number of benzene rings is 1. The van der Waals surface area contributed by atoms with Crippen molar-refractivity contribution in [3.05, 3.63) is 84.4 Å². The Bertz CT molecular complexity index is 1550. The first kappa shape index (κ1) is 17.8. The second-order valence-corrected chi connectivity index (χ2v) is 7.66.